The number of hydrogen-bond acceptors (Lipinski definition) is 4. The molecule has 0 radical (unpaired) electrons. The highest BCUT2D eigenvalue weighted by Gasteiger charge is 2.07. The molecule has 0 aliphatic carbocycles. The van der Waals surface area contributed by atoms with Crippen molar-refractivity contribution in [2.24, 2.45) is 0 Å². The van der Waals surface area contributed by atoms with Gasteiger partial charge in [-0.15, -0.1) is 0 Å². The molecule has 0 bridgehead atoms. The second-order valence-corrected chi connectivity index (χ2v) is 2.22. The van der Waals surface area contributed by atoms with E-state index >= 15 is 0 Å². The number of phenolic OH excluding ortho intramolecular Hbond substituents is 1. The smallest absolute Gasteiger partial charge is 0.233 e. The van der Waals surface area contributed by atoms with Gasteiger partial charge in [-0.2, -0.15) is 0 Å². The average Bonchev–Trinajstić information content (AvgIpc) is 2.34. The van der Waals surface area contributed by atoms with Crippen LogP contribution in [0.1, 0.15) is 0 Å². The zero-order valence-electron chi connectivity index (χ0n) is 5.61. The van der Waals surface area contributed by atoms with E-state index in [1.807, 2.05) is 0 Å². The van der Waals surface area contributed by atoms with Crippen LogP contribution in [0.2, 0.25) is 0 Å². The van der Waals surface area contributed by atoms with Crippen LogP contribution in [0, 0.1) is 0 Å². The number of aromatic nitrogens is 1. The number of aromatic hydroxyl groups is 1. The van der Waals surface area contributed by atoms with Crippen molar-refractivity contribution in [2.75, 3.05) is 5.73 Å². The molecule has 0 atom stereocenters. The molecule has 4 nitrogen and oxygen atoms in total. The Morgan fingerprint density at radius 2 is 2.27 bits per heavy atom. The molecule has 11 heavy (non-hydrogen) atoms. The molecule has 56 valence electrons. The van der Waals surface area contributed by atoms with Crippen LogP contribution in [0.3, 0.4) is 0 Å². The second-order valence-electron chi connectivity index (χ2n) is 2.22. The van der Waals surface area contributed by atoms with Crippen molar-refractivity contribution in [1.29, 1.82) is 0 Å². The lowest BCUT2D eigenvalue weighted by Crippen LogP contribution is -1.79. The summed E-state index contributed by atoms with van der Waals surface area (Å²) in [5.41, 5.74) is 5.96. The van der Waals surface area contributed by atoms with Gasteiger partial charge in [0.25, 0.3) is 0 Å². The molecule has 2 rings (SSSR count). The second kappa shape index (κ2) is 1.88. The quantitative estimate of drug-likeness (QED) is 0.590. The normalized spacial score (nSPS) is 10.5. The lowest BCUT2D eigenvalue weighted by Gasteiger charge is -1.90. The molecule has 0 saturated carbocycles. The van der Waals surface area contributed by atoms with E-state index in [-0.39, 0.29) is 11.6 Å². The van der Waals surface area contributed by atoms with Crippen molar-refractivity contribution in [3.05, 3.63) is 18.2 Å². The molecule has 1 heterocycles. The van der Waals surface area contributed by atoms with Crippen molar-refractivity contribution < 1.29 is 9.63 Å². The minimum absolute atomic E-state index is 0.0984. The van der Waals surface area contributed by atoms with E-state index in [1.165, 1.54) is 6.07 Å². The molecule has 0 amide bonds. The van der Waals surface area contributed by atoms with Crippen molar-refractivity contribution in [3.63, 3.8) is 0 Å². The maximum atomic E-state index is 9.26. The number of nitrogens with zero attached hydrogens (tertiary/aromatic N) is 1. The van der Waals surface area contributed by atoms with E-state index in [9.17, 15) is 5.11 Å². The molecular formula is C7H6N2O2. The Hall–Kier alpha value is -1.71. The van der Waals surface area contributed by atoms with Gasteiger partial charge in [0.1, 0.15) is 16.7 Å². The molecule has 4 heteroatoms. The Bertz CT molecular complexity index is 394. The number of fused-ring (bicyclic) bond motifs is 1. The van der Waals surface area contributed by atoms with E-state index in [0.29, 0.717) is 10.9 Å². The van der Waals surface area contributed by atoms with E-state index in [1.54, 1.807) is 12.1 Å². The Balaban J connectivity index is 2.96. The van der Waals surface area contributed by atoms with Crippen LogP contribution in [0.25, 0.3) is 10.9 Å². The molecular weight excluding hydrogens is 144 g/mol. The standard InChI is InChI=1S/C7H6N2O2/c8-7-6-4(9-11-7)2-1-3-5(6)10/h1-3,10H,8H2. The lowest BCUT2D eigenvalue weighted by atomic mass is 10.2. The van der Waals surface area contributed by atoms with Crippen molar-refractivity contribution in [2.45, 2.75) is 0 Å². The first-order valence-electron chi connectivity index (χ1n) is 3.12. The third kappa shape index (κ3) is 0.724. The molecule has 0 aliphatic rings. The predicted molar refractivity (Wildman–Crippen MR) is 40.1 cm³/mol. The Morgan fingerprint density at radius 3 is 3.00 bits per heavy atom. The number of nitrogens with two attached hydrogens (primary N) is 1. The summed E-state index contributed by atoms with van der Waals surface area (Å²) in [6.07, 6.45) is 0. The van der Waals surface area contributed by atoms with Gasteiger partial charge < -0.3 is 15.4 Å². The fourth-order valence-corrected chi connectivity index (χ4v) is 1.00. The fraction of sp³-hybridized carbons (Fsp3) is 0. The molecule has 3 N–H and O–H groups in total. The summed E-state index contributed by atoms with van der Waals surface area (Å²) >= 11 is 0. The molecule has 0 saturated heterocycles. The number of rotatable bonds is 0. The molecule has 1 aromatic heterocycles. The van der Waals surface area contributed by atoms with Crippen LogP contribution >= 0.6 is 0 Å². The summed E-state index contributed by atoms with van der Waals surface area (Å²) < 4.78 is 4.66. The minimum Gasteiger partial charge on any atom is -0.507 e. The van der Waals surface area contributed by atoms with Crippen LogP contribution in [0.5, 0.6) is 5.75 Å². The SMILES string of the molecule is Nc1onc2cccc(O)c12. The Labute approximate surface area is 62.2 Å². The van der Waals surface area contributed by atoms with Crippen molar-refractivity contribution in [1.82, 2.24) is 5.16 Å². The van der Waals surface area contributed by atoms with Crippen LogP contribution in [-0.4, -0.2) is 10.3 Å². The van der Waals surface area contributed by atoms with Gasteiger partial charge in [-0.3, -0.25) is 0 Å². The molecule has 0 unspecified atom stereocenters. The summed E-state index contributed by atoms with van der Waals surface area (Å²) in [5, 5.41) is 13.4. The average molecular weight is 150 g/mol. The maximum Gasteiger partial charge on any atom is 0.233 e. The first-order valence-corrected chi connectivity index (χ1v) is 3.12. The summed E-state index contributed by atoms with van der Waals surface area (Å²) in [5.74, 6) is 0.249. The van der Waals surface area contributed by atoms with Crippen LogP contribution in [0.15, 0.2) is 22.7 Å². The Morgan fingerprint density at radius 1 is 1.45 bits per heavy atom. The van der Waals surface area contributed by atoms with Crippen molar-refractivity contribution in [3.8, 4) is 5.75 Å². The third-order valence-corrected chi connectivity index (χ3v) is 1.51. The predicted octanol–water partition coefficient (Wildman–Crippen LogP) is 1.12. The number of hydrogen-bond donors (Lipinski definition) is 2. The van der Waals surface area contributed by atoms with E-state index in [4.69, 9.17) is 5.73 Å². The first kappa shape index (κ1) is 6.03. The summed E-state index contributed by atoms with van der Waals surface area (Å²) in [6, 6.07) is 4.93. The van der Waals surface area contributed by atoms with Crippen LogP contribution < -0.4 is 5.73 Å². The van der Waals surface area contributed by atoms with Gasteiger partial charge in [0, 0.05) is 0 Å². The van der Waals surface area contributed by atoms with Gasteiger partial charge in [0.2, 0.25) is 5.88 Å². The van der Waals surface area contributed by atoms with E-state index < -0.39 is 0 Å². The van der Waals surface area contributed by atoms with Crippen molar-refractivity contribution >= 4 is 16.8 Å². The summed E-state index contributed by atoms with van der Waals surface area (Å²) in [4.78, 5) is 0. The molecule has 2 aromatic rings. The number of nitrogen functional groups attached to an aromatic ring is 1. The van der Waals surface area contributed by atoms with Gasteiger partial charge in [-0.1, -0.05) is 11.2 Å². The van der Waals surface area contributed by atoms with Crippen LogP contribution in [0.4, 0.5) is 5.88 Å². The number of benzene rings is 1. The van der Waals surface area contributed by atoms with Gasteiger partial charge in [0.05, 0.1) is 0 Å². The van der Waals surface area contributed by atoms with Gasteiger partial charge >= 0.3 is 0 Å². The van der Waals surface area contributed by atoms with E-state index in [0.717, 1.165) is 0 Å². The zero-order chi connectivity index (χ0) is 7.84. The maximum absolute atomic E-state index is 9.26. The molecule has 1 aromatic carbocycles. The third-order valence-electron chi connectivity index (χ3n) is 1.51. The van der Waals surface area contributed by atoms with Crippen LogP contribution in [-0.2, 0) is 0 Å². The highest BCUT2D eigenvalue weighted by molar-refractivity contribution is 5.92. The Kier molecular flexibility index (Phi) is 1.03. The minimum atomic E-state index is 0.0984. The van der Waals surface area contributed by atoms with Gasteiger partial charge in [0.15, 0.2) is 0 Å². The van der Waals surface area contributed by atoms with Gasteiger partial charge in [-0.05, 0) is 12.1 Å². The highest BCUT2D eigenvalue weighted by atomic mass is 16.5. The number of anilines is 1. The topological polar surface area (TPSA) is 72.3 Å². The molecule has 0 fully saturated rings. The summed E-state index contributed by atoms with van der Waals surface area (Å²) in [7, 11) is 0. The monoisotopic (exact) mass is 150 g/mol. The first-order chi connectivity index (χ1) is 5.29. The zero-order valence-corrected chi connectivity index (χ0v) is 5.61. The lowest BCUT2D eigenvalue weighted by molar-refractivity contribution is 0.444. The highest BCUT2D eigenvalue weighted by Crippen LogP contribution is 2.28. The number of phenols is 1. The van der Waals surface area contributed by atoms with Gasteiger partial charge in [-0.25, -0.2) is 0 Å². The molecule has 0 aliphatic heterocycles. The molecule has 0 spiro atoms. The van der Waals surface area contributed by atoms with E-state index in [2.05, 4.69) is 9.68 Å². The largest absolute Gasteiger partial charge is 0.507 e. The fourth-order valence-electron chi connectivity index (χ4n) is 1.00. The summed E-state index contributed by atoms with van der Waals surface area (Å²) in [6.45, 7) is 0.